The van der Waals surface area contributed by atoms with Gasteiger partial charge in [0.25, 0.3) is 11.8 Å². The Hall–Kier alpha value is -2.37. The van der Waals surface area contributed by atoms with Crippen molar-refractivity contribution in [1.82, 2.24) is 15.1 Å². The molecule has 1 aliphatic rings. The second kappa shape index (κ2) is 7.06. The molecule has 1 aromatic carbocycles. The lowest BCUT2D eigenvalue weighted by molar-refractivity contribution is 0.0655. The van der Waals surface area contributed by atoms with E-state index in [0.29, 0.717) is 17.7 Å². The molecule has 0 spiro atoms. The maximum absolute atomic E-state index is 12.1. The average molecular weight is 303 g/mol. The smallest absolute Gasteiger partial charge is 0.317 e. The highest BCUT2D eigenvalue weighted by atomic mass is 16.2. The lowest BCUT2D eigenvalue weighted by Gasteiger charge is -2.19. The summed E-state index contributed by atoms with van der Waals surface area (Å²) >= 11 is 0. The zero-order chi connectivity index (χ0) is 16.1. The fourth-order valence-electron chi connectivity index (χ4n) is 2.35. The second-order valence-corrected chi connectivity index (χ2v) is 5.31. The van der Waals surface area contributed by atoms with Gasteiger partial charge < -0.3 is 10.2 Å². The summed E-state index contributed by atoms with van der Waals surface area (Å²) in [5, 5.41) is 2.73. The van der Waals surface area contributed by atoms with Crippen LogP contribution in [0.3, 0.4) is 0 Å². The van der Waals surface area contributed by atoms with E-state index in [4.69, 9.17) is 0 Å². The first-order chi connectivity index (χ1) is 10.6. The average Bonchev–Trinajstić information content (AvgIpc) is 2.77. The Kier molecular flexibility index (Phi) is 5.14. The molecular formula is C16H21N3O3. The number of rotatable bonds is 6. The van der Waals surface area contributed by atoms with E-state index in [1.165, 1.54) is 4.90 Å². The molecule has 6 nitrogen and oxygen atoms in total. The van der Waals surface area contributed by atoms with Crippen molar-refractivity contribution in [3.63, 3.8) is 0 Å². The van der Waals surface area contributed by atoms with Gasteiger partial charge in [-0.05, 0) is 18.6 Å². The third-order valence-corrected chi connectivity index (χ3v) is 3.68. The van der Waals surface area contributed by atoms with Gasteiger partial charge in [-0.3, -0.25) is 14.5 Å². The third kappa shape index (κ3) is 3.27. The number of urea groups is 1. The van der Waals surface area contributed by atoms with E-state index in [2.05, 4.69) is 12.2 Å². The Morgan fingerprint density at radius 3 is 2.32 bits per heavy atom. The number of carbonyl (C=O) groups is 3. The van der Waals surface area contributed by atoms with Crippen LogP contribution in [-0.4, -0.2) is 54.3 Å². The molecule has 1 aromatic rings. The molecule has 0 radical (unpaired) electrons. The molecule has 1 aliphatic heterocycles. The predicted octanol–water partition coefficient (Wildman–Crippen LogP) is 1.72. The maximum Gasteiger partial charge on any atom is 0.317 e. The summed E-state index contributed by atoms with van der Waals surface area (Å²) in [7, 11) is 1.73. The van der Waals surface area contributed by atoms with Crippen molar-refractivity contribution in [3.05, 3.63) is 35.4 Å². The van der Waals surface area contributed by atoms with Gasteiger partial charge in [0.15, 0.2) is 0 Å². The molecule has 0 fully saturated rings. The van der Waals surface area contributed by atoms with Crippen LogP contribution in [0.25, 0.3) is 0 Å². The van der Waals surface area contributed by atoms with E-state index in [-0.39, 0.29) is 30.9 Å². The zero-order valence-electron chi connectivity index (χ0n) is 13.0. The first kappa shape index (κ1) is 16.0. The number of nitrogens with one attached hydrogen (secondary N) is 1. The molecule has 6 heteroatoms. The summed E-state index contributed by atoms with van der Waals surface area (Å²) in [6, 6.07) is 6.57. The monoisotopic (exact) mass is 303 g/mol. The van der Waals surface area contributed by atoms with Gasteiger partial charge in [0.05, 0.1) is 11.1 Å². The number of nitrogens with zero attached hydrogens (tertiary/aromatic N) is 2. The summed E-state index contributed by atoms with van der Waals surface area (Å²) in [4.78, 5) is 38.9. The fraction of sp³-hybridized carbons (Fsp3) is 0.438. The third-order valence-electron chi connectivity index (χ3n) is 3.68. The molecule has 22 heavy (non-hydrogen) atoms. The molecule has 0 aliphatic carbocycles. The summed E-state index contributed by atoms with van der Waals surface area (Å²) in [5.74, 6) is -0.594. The number of benzene rings is 1. The van der Waals surface area contributed by atoms with Crippen LogP contribution in [-0.2, 0) is 0 Å². The molecule has 2 rings (SSSR count). The van der Waals surface area contributed by atoms with Crippen molar-refractivity contribution in [2.75, 3.05) is 26.7 Å². The molecule has 1 N–H and O–H groups in total. The van der Waals surface area contributed by atoms with Crippen LogP contribution >= 0.6 is 0 Å². The summed E-state index contributed by atoms with van der Waals surface area (Å²) in [6.45, 7) is 3.18. The Morgan fingerprint density at radius 2 is 1.77 bits per heavy atom. The first-order valence-electron chi connectivity index (χ1n) is 7.50. The van der Waals surface area contributed by atoms with Crippen molar-refractivity contribution in [2.24, 2.45) is 0 Å². The zero-order valence-corrected chi connectivity index (χ0v) is 13.0. The highest BCUT2D eigenvalue weighted by Crippen LogP contribution is 2.21. The molecule has 0 saturated heterocycles. The molecule has 118 valence electrons. The molecule has 0 unspecified atom stereocenters. The highest BCUT2D eigenvalue weighted by molar-refractivity contribution is 6.21. The van der Waals surface area contributed by atoms with Gasteiger partial charge in [0, 0.05) is 26.7 Å². The standard InChI is InChI=1S/C16H21N3O3/c1-3-4-10-18(2)16(22)17-9-11-19-14(20)12-7-5-6-8-13(12)15(19)21/h5-8H,3-4,9-11H2,1-2H3,(H,17,22). The van der Waals surface area contributed by atoms with E-state index < -0.39 is 0 Å². The van der Waals surface area contributed by atoms with E-state index in [1.807, 2.05) is 0 Å². The number of carbonyl (C=O) groups excluding carboxylic acids is 3. The lowest BCUT2D eigenvalue weighted by atomic mass is 10.1. The number of imide groups is 1. The Balaban J connectivity index is 1.85. The quantitative estimate of drug-likeness (QED) is 0.814. The van der Waals surface area contributed by atoms with Gasteiger partial charge in [-0.1, -0.05) is 25.5 Å². The molecule has 4 amide bonds. The van der Waals surface area contributed by atoms with Crippen molar-refractivity contribution < 1.29 is 14.4 Å². The van der Waals surface area contributed by atoms with Gasteiger partial charge in [-0.2, -0.15) is 0 Å². The van der Waals surface area contributed by atoms with Crippen LogP contribution in [0.4, 0.5) is 4.79 Å². The minimum Gasteiger partial charge on any atom is -0.336 e. The van der Waals surface area contributed by atoms with Crippen LogP contribution in [0.1, 0.15) is 40.5 Å². The van der Waals surface area contributed by atoms with Crippen molar-refractivity contribution in [2.45, 2.75) is 19.8 Å². The minimum absolute atomic E-state index is 0.180. The van der Waals surface area contributed by atoms with E-state index >= 15 is 0 Å². The van der Waals surface area contributed by atoms with Crippen molar-refractivity contribution in [1.29, 1.82) is 0 Å². The van der Waals surface area contributed by atoms with Crippen LogP contribution in [0, 0.1) is 0 Å². The fourth-order valence-corrected chi connectivity index (χ4v) is 2.35. The van der Waals surface area contributed by atoms with E-state index in [9.17, 15) is 14.4 Å². The molecule has 0 bridgehead atoms. The molecule has 0 aromatic heterocycles. The van der Waals surface area contributed by atoms with Gasteiger partial charge in [-0.15, -0.1) is 0 Å². The normalized spacial score (nSPS) is 13.3. The van der Waals surface area contributed by atoms with E-state index in [1.54, 1.807) is 36.2 Å². The number of hydrogen-bond acceptors (Lipinski definition) is 3. The molecule has 0 saturated carbocycles. The number of fused-ring (bicyclic) bond motifs is 1. The first-order valence-corrected chi connectivity index (χ1v) is 7.50. The Labute approximate surface area is 130 Å². The molecule has 0 atom stereocenters. The molecular weight excluding hydrogens is 282 g/mol. The number of amides is 4. The predicted molar refractivity (Wildman–Crippen MR) is 82.7 cm³/mol. The largest absolute Gasteiger partial charge is 0.336 e. The van der Waals surface area contributed by atoms with Gasteiger partial charge >= 0.3 is 6.03 Å². The minimum atomic E-state index is -0.297. The summed E-state index contributed by atoms with van der Waals surface area (Å²) in [5.41, 5.74) is 0.859. The highest BCUT2D eigenvalue weighted by Gasteiger charge is 2.34. The van der Waals surface area contributed by atoms with E-state index in [0.717, 1.165) is 12.8 Å². The molecule has 1 heterocycles. The lowest BCUT2D eigenvalue weighted by Crippen LogP contribution is -2.42. The van der Waals surface area contributed by atoms with Crippen molar-refractivity contribution in [3.8, 4) is 0 Å². The maximum atomic E-state index is 12.1. The van der Waals surface area contributed by atoms with Gasteiger partial charge in [-0.25, -0.2) is 4.79 Å². The van der Waals surface area contributed by atoms with Crippen LogP contribution < -0.4 is 5.32 Å². The van der Waals surface area contributed by atoms with Crippen LogP contribution in [0.5, 0.6) is 0 Å². The topological polar surface area (TPSA) is 69.7 Å². The van der Waals surface area contributed by atoms with Gasteiger partial charge in [0.2, 0.25) is 0 Å². The van der Waals surface area contributed by atoms with Crippen LogP contribution in [0.15, 0.2) is 24.3 Å². The Morgan fingerprint density at radius 1 is 1.18 bits per heavy atom. The second-order valence-electron chi connectivity index (χ2n) is 5.31. The van der Waals surface area contributed by atoms with Crippen LogP contribution in [0.2, 0.25) is 0 Å². The van der Waals surface area contributed by atoms with Gasteiger partial charge in [0.1, 0.15) is 0 Å². The summed E-state index contributed by atoms with van der Waals surface area (Å²) < 4.78 is 0. The SMILES string of the molecule is CCCCN(C)C(=O)NCCN1C(=O)c2ccccc2C1=O. The number of unbranched alkanes of at least 4 members (excludes halogenated alkanes) is 1. The number of hydrogen-bond donors (Lipinski definition) is 1. The summed E-state index contributed by atoms with van der Waals surface area (Å²) in [6.07, 6.45) is 1.97. The van der Waals surface area contributed by atoms with Crippen molar-refractivity contribution >= 4 is 17.8 Å². The Bertz CT molecular complexity index is 551.